The number of ether oxygens (including phenoxy) is 1. The molecule has 1 fully saturated rings. The fourth-order valence-corrected chi connectivity index (χ4v) is 4.68. The summed E-state index contributed by atoms with van der Waals surface area (Å²) in [6.45, 7) is 4.71. The third kappa shape index (κ3) is 4.72. The molecule has 7 heteroatoms. The first-order valence-electron chi connectivity index (χ1n) is 11.5. The number of rotatable bonds is 8. The first-order chi connectivity index (χ1) is 15.9. The lowest BCUT2D eigenvalue weighted by molar-refractivity contribution is -0.150. The Hall–Kier alpha value is -3.35. The molecule has 2 N–H and O–H groups in total. The zero-order valence-corrected chi connectivity index (χ0v) is 19.0. The van der Waals surface area contributed by atoms with Gasteiger partial charge >= 0.3 is 12.1 Å². The average Bonchev–Trinajstić information content (AvgIpc) is 3.10. The lowest BCUT2D eigenvalue weighted by atomic mass is 9.86. The first kappa shape index (κ1) is 22.8. The van der Waals surface area contributed by atoms with Gasteiger partial charge in [0.15, 0.2) is 0 Å². The van der Waals surface area contributed by atoms with Gasteiger partial charge in [0.25, 0.3) is 0 Å². The van der Waals surface area contributed by atoms with E-state index < -0.39 is 18.0 Å². The van der Waals surface area contributed by atoms with Crippen LogP contribution < -0.4 is 5.32 Å². The largest absolute Gasteiger partial charge is 0.481 e. The monoisotopic (exact) mass is 450 g/mol. The number of fused-ring (bicyclic) bond motifs is 3. The highest BCUT2D eigenvalue weighted by Gasteiger charge is 2.37. The lowest BCUT2D eigenvalue weighted by Crippen LogP contribution is -2.54. The van der Waals surface area contributed by atoms with Crippen molar-refractivity contribution in [2.45, 2.75) is 38.6 Å². The fourth-order valence-electron chi connectivity index (χ4n) is 4.68. The predicted molar refractivity (Wildman–Crippen MR) is 124 cm³/mol. The van der Waals surface area contributed by atoms with Gasteiger partial charge in [0.1, 0.15) is 6.61 Å². The van der Waals surface area contributed by atoms with Crippen LogP contribution in [-0.2, 0) is 14.3 Å². The van der Waals surface area contributed by atoms with E-state index in [0.29, 0.717) is 19.5 Å². The highest BCUT2D eigenvalue weighted by Crippen LogP contribution is 2.44. The number of amides is 2. The Bertz CT molecular complexity index is 1000. The first-order valence-corrected chi connectivity index (χ1v) is 11.5. The molecule has 2 aromatic rings. The number of nitrogens with one attached hydrogen (secondary N) is 1. The molecule has 2 atom stereocenters. The summed E-state index contributed by atoms with van der Waals surface area (Å²) < 4.78 is 5.59. The standard InChI is InChI=1S/C26H30N2O5/c1-3-18(12-24(29)28-13-17(14-28)16(2)25(30)31)27-26(32)33-15-23-21-10-6-4-8-19(21)20-9-5-7-11-22(20)23/h4-11,16-18,23H,3,12-15H2,1-2H3,(H,27,32)(H,30,31). The molecule has 1 aliphatic heterocycles. The minimum atomic E-state index is -0.838. The van der Waals surface area contributed by atoms with Crippen molar-refractivity contribution in [3.05, 3.63) is 59.7 Å². The fraction of sp³-hybridized carbons (Fsp3) is 0.423. The van der Waals surface area contributed by atoms with Crippen molar-refractivity contribution in [3.63, 3.8) is 0 Å². The van der Waals surface area contributed by atoms with Gasteiger partial charge in [-0.3, -0.25) is 9.59 Å². The van der Waals surface area contributed by atoms with E-state index in [1.54, 1.807) is 11.8 Å². The smallest absolute Gasteiger partial charge is 0.407 e. The van der Waals surface area contributed by atoms with Gasteiger partial charge in [-0.15, -0.1) is 0 Å². The Labute approximate surface area is 193 Å². The number of hydrogen-bond acceptors (Lipinski definition) is 4. The van der Waals surface area contributed by atoms with Crippen LogP contribution in [0.25, 0.3) is 11.1 Å². The van der Waals surface area contributed by atoms with Gasteiger partial charge < -0.3 is 20.1 Å². The molecule has 0 radical (unpaired) electrons. The van der Waals surface area contributed by atoms with E-state index in [-0.39, 0.29) is 36.8 Å². The van der Waals surface area contributed by atoms with E-state index in [9.17, 15) is 14.4 Å². The van der Waals surface area contributed by atoms with E-state index in [1.165, 1.54) is 11.1 Å². The SMILES string of the molecule is CCC(CC(=O)N1CC(C(C)C(=O)O)C1)NC(=O)OCC1c2ccccc2-c2ccccc21. The predicted octanol–water partition coefficient (Wildman–Crippen LogP) is 3.87. The van der Waals surface area contributed by atoms with Crippen molar-refractivity contribution in [1.29, 1.82) is 0 Å². The van der Waals surface area contributed by atoms with Crippen molar-refractivity contribution in [1.82, 2.24) is 10.2 Å². The molecule has 1 aliphatic carbocycles. The number of alkyl carbamates (subject to hydrolysis) is 1. The highest BCUT2D eigenvalue weighted by molar-refractivity contribution is 5.80. The normalized spacial score (nSPS) is 16.8. The van der Waals surface area contributed by atoms with Crippen LogP contribution in [0.5, 0.6) is 0 Å². The van der Waals surface area contributed by atoms with Crippen LogP contribution in [0.3, 0.4) is 0 Å². The maximum Gasteiger partial charge on any atom is 0.407 e. The summed E-state index contributed by atoms with van der Waals surface area (Å²) >= 11 is 0. The van der Waals surface area contributed by atoms with Crippen LogP contribution in [0.15, 0.2) is 48.5 Å². The zero-order valence-electron chi connectivity index (χ0n) is 19.0. The maximum absolute atomic E-state index is 12.5. The molecule has 1 saturated heterocycles. The molecule has 2 amide bonds. The summed E-state index contributed by atoms with van der Waals surface area (Å²) in [7, 11) is 0. The number of likely N-dealkylation sites (tertiary alicyclic amines) is 1. The van der Waals surface area contributed by atoms with Crippen LogP contribution >= 0.6 is 0 Å². The van der Waals surface area contributed by atoms with E-state index in [2.05, 4.69) is 29.6 Å². The Kier molecular flexibility index (Phi) is 6.67. The highest BCUT2D eigenvalue weighted by atomic mass is 16.5. The minimum Gasteiger partial charge on any atom is -0.481 e. The molecule has 2 aromatic carbocycles. The molecule has 1 heterocycles. The van der Waals surface area contributed by atoms with Gasteiger partial charge in [-0.05, 0) is 28.7 Å². The van der Waals surface area contributed by atoms with Crippen LogP contribution in [0.4, 0.5) is 4.79 Å². The second kappa shape index (κ2) is 9.65. The number of carbonyl (C=O) groups excluding carboxylic acids is 2. The van der Waals surface area contributed by atoms with Gasteiger partial charge in [-0.1, -0.05) is 62.4 Å². The quantitative estimate of drug-likeness (QED) is 0.637. The third-order valence-electron chi connectivity index (χ3n) is 6.94. The maximum atomic E-state index is 12.5. The number of nitrogens with zero attached hydrogens (tertiary/aromatic N) is 1. The van der Waals surface area contributed by atoms with E-state index >= 15 is 0 Å². The molecule has 7 nitrogen and oxygen atoms in total. The summed E-state index contributed by atoms with van der Waals surface area (Å²) in [4.78, 5) is 37.8. The van der Waals surface area contributed by atoms with Crippen molar-refractivity contribution in [2.24, 2.45) is 11.8 Å². The second-order valence-corrected chi connectivity index (χ2v) is 8.96. The molecular formula is C26H30N2O5. The molecule has 33 heavy (non-hydrogen) atoms. The van der Waals surface area contributed by atoms with Crippen LogP contribution in [-0.4, -0.2) is 53.7 Å². The van der Waals surface area contributed by atoms with Crippen molar-refractivity contribution < 1.29 is 24.2 Å². The Morgan fingerprint density at radius 2 is 1.64 bits per heavy atom. The van der Waals surface area contributed by atoms with Gasteiger partial charge in [0, 0.05) is 37.4 Å². The molecule has 0 spiro atoms. The summed E-state index contributed by atoms with van der Waals surface area (Å²) in [5.74, 6) is -1.40. The molecule has 174 valence electrons. The zero-order chi connectivity index (χ0) is 23.5. The summed E-state index contributed by atoms with van der Waals surface area (Å²) in [6.07, 6.45) is 0.241. The van der Waals surface area contributed by atoms with Crippen LogP contribution in [0.1, 0.15) is 43.7 Å². The Morgan fingerprint density at radius 1 is 1.06 bits per heavy atom. The number of carboxylic acid groups (broad SMARTS) is 1. The van der Waals surface area contributed by atoms with E-state index in [0.717, 1.165) is 11.1 Å². The summed E-state index contributed by atoms with van der Waals surface area (Å²) in [5.41, 5.74) is 4.64. The van der Waals surface area contributed by atoms with E-state index in [4.69, 9.17) is 9.84 Å². The average molecular weight is 451 g/mol. The van der Waals surface area contributed by atoms with E-state index in [1.807, 2.05) is 31.2 Å². The molecular weight excluding hydrogens is 420 g/mol. The number of benzene rings is 2. The minimum absolute atomic E-state index is 0.0124. The number of hydrogen-bond donors (Lipinski definition) is 2. The van der Waals surface area contributed by atoms with Gasteiger partial charge in [-0.25, -0.2) is 4.79 Å². The van der Waals surface area contributed by atoms with Crippen molar-refractivity contribution in [3.8, 4) is 11.1 Å². The van der Waals surface area contributed by atoms with Crippen molar-refractivity contribution in [2.75, 3.05) is 19.7 Å². The Balaban J connectivity index is 1.29. The molecule has 4 rings (SSSR count). The third-order valence-corrected chi connectivity index (χ3v) is 6.94. The van der Waals surface area contributed by atoms with Gasteiger partial charge in [0.2, 0.25) is 5.91 Å². The number of carboxylic acids is 1. The molecule has 2 aliphatic rings. The summed E-state index contributed by atoms with van der Waals surface area (Å²) in [5, 5.41) is 11.9. The van der Waals surface area contributed by atoms with Gasteiger partial charge in [0.05, 0.1) is 5.92 Å². The van der Waals surface area contributed by atoms with Crippen LogP contribution in [0, 0.1) is 11.8 Å². The summed E-state index contributed by atoms with van der Waals surface area (Å²) in [6, 6.07) is 16.0. The topological polar surface area (TPSA) is 95.9 Å². The van der Waals surface area contributed by atoms with Crippen molar-refractivity contribution >= 4 is 18.0 Å². The number of aliphatic carboxylic acids is 1. The second-order valence-electron chi connectivity index (χ2n) is 8.96. The molecule has 2 unspecified atom stereocenters. The lowest BCUT2D eigenvalue weighted by Gasteiger charge is -2.41. The van der Waals surface area contributed by atoms with Gasteiger partial charge in [-0.2, -0.15) is 0 Å². The molecule has 0 bridgehead atoms. The Morgan fingerprint density at radius 3 is 2.18 bits per heavy atom. The molecule has 0 aromatic heterocycles. The number of carbonyl (C=O) groups is 3. The molecule has 0 saturated carbocycles. The van der Waals surface area contributed by atoms with Crippen LogP contribution in [0.2, 0.25) is 0 Å².